The predicted octanol–water partition coefficient (Wildman–Crippen LogP) is 3.02. The van der Waals surface area contributed by atoms with E-state index in [1.54, 1.807) is 0 Å². The number of benzene rings is 1. The molecule has 1 unspecified atom stereocenters. The molecule has 1 atom stereocenters. The highest BCUT2D eigenvalue weighted by atomic mass is 16.5. The highest BCUT2D eigenvalue weighted by molar-refractivity contribution is 5.44. The summed E-state index contributed by atoms with van der Waals surface area (Å²) >= 11 is 0. The molecule has 0 amide bonds. The summed E-state index contributed by atoms with van der Waals surface area (Å²) in [5.41, 5.74) is 2.47. The SMILES string of the molecule is CCCC(C)(C)c1cccc(C)c1OCC(O)CN1CCN(C)C1. The van der Waals surface area contributed by atoms with Crippen LogP contribution in [-0.2, 0) is 5.41 Å². The van der Waals surface area contributed by atoms with Gasteiger partial charge < -0.3 is 9.84 Å². The fourth-order valence-electron chi connectivity index (χ4n) is 3.61. The standard InChI is InChI=1S/C20H34N2O2/c1-6-10-20(3,4)18-9-7-8-16(2)19(18)24-14-17(23)13-22-12-11-21(5)15-22/h7-9,17,23H,6,10-15H2,1-5H3. The molecule has 0 aliphatic carbocycles. The lowest BCUT2D eigenvalue weighted by atomic mass is 9.79. The first-order valence-electron chi connectivity index (χ1n) is 9.15. The zero-order chi connectivity index (χ0) is 17.7. The highest BCUT2D eigenvalue weighted by Gasteiger charge is 2.25. The van der Waals surface area contributed by atoms with E-state index in [1.165, 1.54) is 5.56 Å². The average molecular weight is 335 g/mol. The molecule has 4 heteroatoms. The normalized spacial score (nSPS) is 18.1. The lowest BCUT2D eigenvalue weighted by molar-refractivity contribution is 0.0705. The van der Waals surface area contributed by atoms with Crippen molar-refractivity contribution in [2.75, 3.05) is 40.0 Å². The Morgan fingerprint density at radius 3 is 2.67 bits per heavy atom. The van der Waals surface area contributed by atoms with Crippen molar-refractivity contribution >= 4 is 0 Å². The van der Waals surface area contributed by atoms with Gasteiger partial charge in [-0.3, -0.25) is 9.80 Å². The molecule has 1 aliphatic heterocycles. The van der Waals surface area contributed by atoms with E-state index in [0.29, 0.717) is 13.2 Å². The molecule has 1 saturated heterocycles. The molecule has 1 N–H and O–H groups in total. The van der Waals surface area contributed by atoms with Gasteiger partial charge in [-0.2, -0.15) is 0 Å². The van der Waals surface area contributed by atoms with E-state index in [0.717, 1.165) is 43.9 Å². The first-order valence-corrected chi connectivity index (χ1v) is 9.15. The van der Waals surface area contributed by atoms with Crippen LogP contribution in [0.15, 0.2) is 18.2 Å². The monoisotopic (exact) mass is 334 g/mol. The molecule has 136 valence electrons. The number of rotatable bonds is 8. The quantitative estimate of drug-likeness (QED) is 0.793. The Kier molecular flexibility index (Phi) is 6.67. The van der Waals surface area contributed by atoms with Crippen LogP contribution >= 0.6 is 0 Å². The number of aliphatic hydroxyl groups is 1. The summed E-state index contributed by atoms with van der Waals surface area (Å²) in [6.07, 6.45) is 1.80. The minimum atomic E-state index is -0.460. The number of likely N-dealkylation sites (N-methyl/N-ethyl adjacent to an activating group) is 1. The van der Waals surface area contributed by atoms with Crippen molar-refractivity contribution in [3.05, 3.63) is 29.3 Å². The zero-order valence-electron chi connectivity index (χ0n) is 16.0. The summed E-state index contributed by atoms with van der Waals surface area (Å²) in [7, 11) is 2.11. The van der Waals surface area contributed by atoms with Gasteiger partial charge in [0.2, 0.25) is 0 Å². The van der Waals surface area contributed by atoms with Crippen LogP contribution in [-0.4, -0.2) is 61.0 Å². The Balaban J connectivity index is 2.01. The first kappa shape index (κ1) is 19.2. The molecule has 0 saturated carbocycles. The summed E-state index contributed by atoms with van der Waals surface area (Å²) in [6, 6.07) is 6.36. The van der Waals surface area contributed by atoms with Crippen LogP contribution in [0.3, 0.4) is 0 Å². The number of ether oxygens (including phenoxy) is 1. The van der Waals surface area contributed by atoms with Gasteiger partial charge in [0.05, 0.1) is 6.67 Å². The topological polar surface area (TPSA) is 35.9 Å². The Labute approximate surface area is 147 Å². The van der Waals surface area contributed by atoms with Gasteiger partial charge in [-0.15, -0.1) is 0 Å². The van der Waals surface area contributed by atoms with Crippen LogP contribution in [0.5, 0.6) is 5.75 Å². The number of hydrogen-bond acceptors (Lipinski definition) is 4. The molecule has 1 fully saturated rings. The molecule has 2 rings (SSSR count). The van der Waals surface area contributed by atoms with Gasteiger partial charge in [0.1, 0.15) is 18.5 Å². The van der Waals surface area contributed by atoms with Crippen molar-refractivity contribution < 1.29 is 9.84 Å². The lowest BCUT2D eigenvalue weighted by Gasteiger charge is -2.29. The molecule has 1 aliphatic rings. The van der Waals surface area contributed by atoms with Crippen molar-refractivity contribution in [3.63, 3.8) is 0 Å². The minimum absolute atomic E-state index is 0.0821. The van der Waals surface area contributed by atoms with Crippen molar-refractivity contribution in [1.82, 2.24) is 9.80 Å². The van der Waals surface area contributed by atoms with E-state index < -0.39 is 6.10 Å². The van der Waals surface area contributed by atoms with Crippen LogP contribution in [0, 0.1) is 6.92 Å². The van der Waals surface area contributed by atoms with Crippen molar-refractivity contribution in [3.8, 4) is 5.75 Å². The Morgan fingerprint density at radius 2 is 2.04 bits per heavy atom. The third-order valence-corrected chi connectivity index (χ3v) is 4.94. The number of aliphatic hydroxyl groups excluding tert-OH is 1. The molecular weight excluding hydrogens is 300 g/mol. The lowest BCUT2D eigenvalue weighted by Crippen LogP contribution is -2.35. The molecular formula is C20H34N2O2. The van der Waals surface area contributed by atoms with Crippen LogP contribution in [0.4, 0.5) is 0 Å². The second-order valence-electron chi connectivity index (χ2n) is 7.85. The second kappa shape index (κ2) is 8.32. The second-order valence-corrected chi connectivity index (χ2v) is 7.85. The van der Waals surface area contributed by atoms with Gasteiger partial charge in [-0.25, -0.2) is 0 Å². The molecule has 4 nitrogen and oxygen atoms in total. The largest absolute Gasteiger partial charge is 0.490 e. The fourth-order valence-corrected chi connectivity index (χ4v) is 3.61. The maximum atomic E-state index is 10.4. The van der Waals surface area contributed by atoms with Crippen LogP contribution < -0.4 is 4.74 Å². The zero-order valence-corrected chi connectivity index (χ0v) is 16.0. The Bertz CT molecular complexity index is 530. The molecule has 1 aromatic carbocycles. The maximum Gasteiger partial charge on any atom is 0.126 e. The molecule has 0 spiro atoms. The van der Waals surface area contributed by atoms with E-state index in [4.69, 9.17) is 4.74 Å². The van der Waals surface area contributed by atoms with Gasteiger partial charge in [0.25, 0.3) is 0 Å². The van der Waals surface area contributed by atoms with Gasteiger partial charge in [-0.1, -0.05) is 45.4 Å². The molecule has 0 bridgehead atoms. The molecule has 0 radical (unpaired) electrons. The van der Waals surface area contributed by atoms with Crippen LogP contribution in [0.25, 0.3) is 0 Å². The third kappa shape index (κ3) is 4.95. The van der Waals surface area contributed by atoms with Gasteiger partial charge >= 0.3 is 0 Å². The van der Waals surface area contributed by atoms with Crippen LogP contribution in [0.2, 0.25) is 0 Å². The van der Waals surface area contributed by atoms with E-state index in [9.17, 15) is 5.11 Å². The van der Waals surface area contributed by atoms with E-state index in [-0.39, 0.29) is 5.41 Å². The van der Waals surface area contributed by atoms with E-state index >= 15 is 0 Å². The summed E-state index contributed by atoms with van der Waals surface area (Å²) in [6.45, 7) is 12.9. The van der Waals surface area contributed by atoms with Crippen LogP contribution in [0.1, 0.15) is 44.7 Å². The number of β-amino-alcohol motifs (C(OH)–C–C–N with tert-alkyl or cyclic N) is 1. The molecule has 1 aromatic rings. The predicted molar refractivity (Wildman–Crippen MR) is 99.7 cm³/mol. The number of para-hydroxylation sites is 1. The van der Waals surface area contributed by atoms with Gasteiger partial charge in [-0.05, 0) is 31.4 Å². The molecule has 0 aromatic heterocycles. The fraction of sp³-hybridized carbons (Fsp3) is 0.700. The number of aryl methyl sites for hydroxylation is 1. The first-order chi connectivity index (χ1) is 11.3. The van der Waals surface area contributed by atoms with Gasteiger partial charge in [0, 0.05) is 25.2 Å². The van der Waals surface area contributed by atoms with Crippen molar-refractivity contribution in [2.45, 2.75) is 52.1 Å². The van der Waals surface area contributed by atoms with E-state index in [2.05, 4.69) is 62.7 Å². The summed E-state index contributed by atoms with van der Waals surface area (Å²) in [5.74, 6) is 0.952. The summed E-state index contributed by atoms with van der Waals surface area (Å²) in [5, 5.41) is 10.4. The molecule has 1 heterocycles. The summed E-state index contributed by atoms with van der Waals surface area (Å²) < 4.78 is 6.11. The Morgan fingerprint density at radius 1 is 1.29 bits per heavy atom. The summed E-state index contributed by atoms with van der Waals surface area (Å²) in [4.78, 5) is 4.54. The number of hydrogen-bond donors (Lipinski definition) is 1. The van der Waals surface area contributed by atoms with E-state index in [1.807, 2.05) is 0 Å². The van der Waals surface area contributed by atoms with Crippen molar-refractivity contribution in [2.24, 2.45) is 0 Å². The average Bonchev–Trinajstić information content (AvgIpc) is 2.90. The third-order valence-electron chi connectivity index (χ3n) is 4.94. The Hall–Kier alpha value is -1.10. The maximum absolute atomic E-state index is 10.4. The smallest absolute Gasteiger partial charge is 0.126 e. The van der Waals surface area contributed by atoms with Gasteiger partial charge in [0.15, 0.2) is 0 Å². The van der Waals surface area contributed by atoms with Crippen molar-refractivity contribution in [1.29, 1.82) is 0 Å². The number of nitrogens with zero attached hydrogens (tertiary/aromatic N) is 2. The minimum Gasteiger partial charge on any atom is -0.490 e. The molecule has 24 heavy (non-hydrogen) atoms. The highest BCUT2D eigenvalue weighted by Crippen LogP contribution is 2.37.